The van der Waals surface area contributed by atoms with Gasteiger partial charge < -0.3 is 10.0 Å². The van der Waals surface area contributed by atoms with E-state index in [4.69, 9.17) is 5.11 Å². The predicted molar refractivity (Wildman–Crippen MR) is 64.0 cm³/mol. The largest absolute Gasteiger partial charge is 0.477 e. The summed E-state index contributed by atoms with van der Waals surface area (Å²) in [6.07, 6.45) is 2.57. The molecule has 0 radical (unpaired) electrons. The van der Waals surface area contributed by atoms with Crippen molar-refractivity contribution in [3.63, 3.8) is 0 Å². The molecule has 0 aliphatic heterocycles. The van der Waals surface area contributed by atoms with Crippen LogP contribution in [0.1, 0.15) is 37.7 Å². The van der Waals surface area contributed by atoms with E-state index in [1.54, 1.807) is 12.3 Å². The molecule has 0 saturated carbocycles. The molecule has 0 saturated heterocycles. The molecule has 0 aliphatic rings. The van der Waals surface area contributed by atoms with Crippen LogP contribution < -0.4 is 4.90 Å². The van der Waals surface area contributed by atoms with Gasteiger partial charge in [0.25, 0.3) is 0 Å². The van der Waals surface area contributed by atoms with Crippen LogP contribution in [-0.2, 0) is 0 Å². The first kappa shape index (κ1) is 12.5. The topological polar surface area (TPSA) is 53.4 Å². The van der Waals surface area contributed by atoms with Crippen molar-refractivity contribution in [2.45, 2.75) is 33.2 Å². The summed E-state index contributed by atoms with van der Waals surface area (Å²) in [5, 5.41) is 8.88. The van der Waals surface area contributed by atoms with Crippen molar-refractivity contribution in [3.8, 4) is 0 Å². The SMILES string of the molecule is CCC(C)N(CC)c1ccnc(C(=O)O)c1. The van der Waals surface area contributed by atoms with E-state index < -0.39 is 5.97 Å². The zero-order chi connectivity index (χ0) is 12.1. The van der Waals surface area contributed by atoms with Crippen molar-refractivity contribution in [2.75, 3.05) is 11.4 Å². The highest BCUT2D eigenvalue weighted by atomic mass is 16.4. The summed E-state index contributed by atoms with van der Waals surface area (Å²) in [6, 6.07) is 3.87. The monoisotopic (exact) mass is 222 g/mol. The highest BCUT2D eigenvalue weighted by Crippen LogP contribution is 2.18. The van der Waals surface area contributed by atoms with Crippen molar-refractivity contribution in [1.82, 2.24) is 4.98 Å². The molecule has 0 fully saturated rings. The second kappa shape index (κ2) is 5.49. The minimum atomic E-state index is -0.984. The first-order valence-corrected chi connectivity index (χ1v) is 5.56. The zero-order valence-corrected chi connectivity index (χ0v) is 9.97. The average molecular weight is 222 g/mol. The molecule has 0 amide bonds. The van der Waals surface area contributed by atoms with E-state index in [0.717, 1.165) is 18.7 Å². The lowest BCUT2D eigenvalue weighted by molar-refractivity contribution is 0.0690. The molecule has 1 rings (SSSR count). The number of carboxylic acids is 1. The Hall–Kier alpha value is -1.58. The van der Waals surface area contributed by atoms with Gasteiger partial charge in [-0.05, 0) is 32.4 Å². The van der Waals surface area contributed by atoms with Gasteiger partial charge in [0.1, 0.15) is 5.69 Å². The number of hydrogen-bond donors (Lipinski definition) is 1. The van der Waals surface area contributed by atoms with Gasteiger partial charge >= 0.3 is 5.97 Å². The van der Waals surface area contributed by atoms with Gasteiger partial charge in [-0.3, -0.25) is 0 Å². The fourth-order valence-corrected chi connectivity index (χ4v) is 1.68. The molecule has 88 valence electrons. The summed E-state index contributed by atoms with van der Waals surface area (Å²) in [4.78, 5) is 16.8. The molecule has 4 heteroatoms. The predicted octanol–water partition coefficient (Wildman–Crippen LogP) is 2.40. The van der Waals surface area contributed by atoms with E-state index in [1.165, 1.54) is 0 Å². The Balaban J connectivity index is 3.01. The van der Waals surface area contributed by atoms with Gasteiger partial charge in [0.2, 0.25) is 0 Å². The standard InChI is InChI=1S/C12H18N2O2/c1-4-9(3)14(5-2)10-6-7-13-11(8-10)12(15)16/h6-9H,4-5H2,1-3H3,(H,15,16). The molecule has 1 unspecified atom stereocenters. The molecular weight excluding hydrogens is 204 g/mol. The fraction of sp³-hybridized carbons (Fsp3) is 0.500. The molecule has 1 atom stereocenters. The molecule has 4 nitrogen and oxygen atoms in total. The minimum Gasteiger partial charge on any atom is -0.477 e. The van der Waals surface area contributed by atoms with Crippen LogP contribution in [0.15, 0.2) is 18.3 Å². The lowest BCUT2D eigenvalue weighted by atomic mass is 10.2. The van der Waals surface area contributed by atoms with E-state index in [9.17, 15) is 4.79 Å². The molecule has 0 aliphatic carbocycles. The molecule has 0 aromatic carbocycles. The summed E-state index contributed by atoms with van der Waals surface area (Å²) < 4.78 is 0. The lowest BCUT2D eigenvalue weighted by Crippen LogP contribution is -2.32. The second-order valence-electron chi connectivity index (χ2n) is 3.75. The molecule has 1 aromatic rings. The molecular formula is C12H18N2O2. The molecule has 0 spiro atoms. The highest BCUT2D eigenvalue weighted by Gasteiger charge is 2.13. The van der Waals surface area contributed by atoms with Crippen LogP contribution in [0.4, 0.5) is 5.69 Å². The van der Waals surface area contributed by atoms with Crippen LogP contribution in [0.5, 0.6) is 0 Å². The zero-order valence-electron chi connectivity index (χ0n) is 9.97. The third-order valence-corrected chi connectivity index (χ3v) is 2.76. The quantitative estimate of drug-likeness (QED) is 0.831. The number of aromatic nitrogens is 1. The summed E-state index contributed by atoms with van der Waals surface area (Å²) in [5.74, 6) is -0.984. The Kier molecular flexibility index (Phi) is 4.28. The van der Waals surface area contributed by atoms with E-state index in [0.29, 0.717) is 6.04 Å². The van der Waals surface area contributed by atoms with Crippen molar-refractivity contribution in [2.24, 2.45) is 0 Å². The number of pyridine rings is 1. The highest BCUT2D eigenvalue weighted by molar-refractivity contribution is 5.86. The van der Waals surface area contributed by atoms with E-state index in [2.05, 4.69) is 30.7 Å². The van der Waals surface area contributed by atoms with Crippen molar-refractivity contribution in [1.29, 1.82) is 0 Å². The summed E-state index contributed by atoms with van der Waals surface area (Å²) >= 11 is 0. The van der Waals surface area contributed by atoms with Crippen LogP contribution in [0.25, 0.3) is 0 Å². The average Bonchev–Trinajstić information content (AvgIpc) is 2.30. The van der Waals surface area contributed by atoms with Crippen LogP contribution >= 0.6 is 0 Å². The van der Waals surface area contributed by atoms with E-state index in [-0.39, 0.29) is 5.69 Å². The van der Waals surface area contributed by atoms with Crippen LogP contribution in [0.2, 0.25) is 0 Å². The van der Waals surface area contributed by atoms with Gasteiger partial charge in [0, 0.05) is 24.5 Å². The third kappa shape index (κ3) is 2.72. The van der Waals surface area contributed by atoms with Crippen molar-refractivity contribution >= 4 is 11.7 Å². The minimum absolute atomic E-state index is 0.0965. The van der Waals surface area contributed by atoms with Gasteiger partial charge in [-0.1, -0.05) is 6.92 Å². The Bertz CT molecular complexity index is 366. The van der Waals surface area contributed by atoms with Crippen LogP contribution in [-0.4, -0.2) is 28.6 Å². The van der Waals surface area contributed by atoms with Crippen molar-refractivity contribution < 1.29 is 9.90 Å². The van der Waals surface area contributed by atoms with Gasteiger partial charge in [0.15, 0.2) is 0 Å². The molecule has 1 heterocycles. The number of hydrogen-bond acceptors (Lipinski definition) is 3. The van der Waals surface area contributed by atoms with E-state index in [1.807, 2.05) is 6.07 Å². The Morgan fingerprint density at radius 2 is 2.25 bits per heavy atom. The van der Waals surface area contributed by atoms with Gasteiger partial charge in [-0.15, -0.1) is 0 Å². The molecule has 1 aromatic heterocycles. The van der Waals surface area contributed by atoms with E-state index >= 15 is 0 Å². The molecule has 1 N–H and O–H groups in total. The van der Waals surface area contributed by atoms with Crippen molar-refractivity contribution in [3.05, 3.63) is 24.0 Å². The first-order valence-electron chi connectivity index (χ1n) is 5.56. The number of nitrogens with zero attached hydrogens (tertiary/aromatic N) is 2. The summed E-state index contributed by atoms with van der Waals surface area (Å²) in [7, 11) is 0. The van der Waals surface area contributed by atoms with Crippen LogP contribution in [0.3, 0.4) is 0 Å². The summed E-state index contributed by atoms with van der Waals surface area (Å²) in [6.45, 7) is 7.17. The van der Waals surface area contributed by atoms with Gasteiger partial charge in [0.05, 0.1) is 0 Å². The normalized spacial score (nSPS) is 12.2. The lowest BCUT2D eigenvalue weighted by Gasteiger charge is -2.29. The third-order valence-electron chi connectivity index (χ3n) is 2.76. The van der Waals surface area contributed by atoms with Crippen LogP contribution in [0, 0.1) is 0 Å². The Morgan fingerprint density at radius 3 is 2.75 bits per heavy atom. The number of aromatic carboxylic acids is 1. The first-order chi connectivity index (χ1) is 7.60. The fourth-order valence-electron chi connectivity index (χ4n) is 1.68. The Morgan fingerprint density at radius 1 is 1.56 bits per heavy atom. The molecule has 0 bridgehead atoms. The maximum Gasteiger partial charge on any atom is 0.354 e. The summed E-state index contributed by atoms with van der Waals surface area (Å²) in [5.41, 5.74) is 1.02. The Labute approximate surface area is 95.9 Å². The number of carbonyl (C=O) groups is 1. The number of rotatable bonds is 5. The molecule has 16 heavy (non-hydrogen) atoms. The van der Waals surface area contributed by atoms with Gasteiger partial charge in [-0.25, -0.2) is 9.78 Å². The number of anilines is 1. The maximum atomic E-state index is 10.8. The second-order valence-corrected chi connectivity index (χ2v) is 3.75. The van der Waals surface area contributed by atoms with Gasteiger partial charge in [-0.2, -0.15) is 0 Å². The maximum absolute atomic E-state index is 10.8. The smallest absolute Gasteiger partial charge is 0.354 e. The number of carboxylic acid groups (broad SMARTS) is 1.